The van der Waals surface area contributed by atoms with E-state index in [4.69, 9.17) is 3.76 Å². The van der Waals surface area contributed by atoms with Crippen LogP contribution in [0.1, 0.15) is 12.8 Å². The molecule has 0 bridgehead atoms. The molecule has 1 rings (SSSR count). The van der Waals surface area contributed by atoms with Gasteiger partial charge < -0.3 is 0 Å². The molecule has 0 aromatic rings. The van der Waals surface area contributed by atoms with Crippen LogP contribution in [0, 0.1) is 0 Å². The Labute approximate surface area is 55.7 Å². The van der Waals surface area contributed by atoms with Gasteiger partial charge in [0.05, 0.1) is 0 Å². The molecule has 1 aliphatic heterocycles. The summed E-state index contributed by atoms with van der Waals surface area (Å²) < 4.78 is 5.23. The maximum Gasteiger partial charge on any atom is -0.0125 e. The van der Waals surface area contributed by atoms with Gasteiger partial charge in [0.1, 0.15) is 0 Å². The van der Waals surface area contributed by atoms with E-state index in [1.807, 2.05) is 0 Å². The summed E-state index contributed by atoms with van der Waals surface area (Å²) >= 11 is -0.115. The van der Waals surface area contributed by atoms with Gasteiger partial charge in [-0.2, -0.15) is 0 Å². The smallest absolute Gasteiger partial charge is 0.0125 e. The van der Waals surface area contributed by atoms with Crippen molar-refractivity contribution in [1.82, 2.24) is 0 Å². The van der Waals surface area contributed by atoms with Gasteiger partial charge in [-0.25, -0.2) is 0 Å². The minimum Gasteiger partial charge on any atom is -0.0125 e. The molecule has 0 N–H and O–H groups in total. The largest absolute Gasteiger partial charge is 0.0125 e. The summed E-state index contributed by atoms with van der Waals surface area (Å²) in [5.74, 6) is 0. The zero-order chi connectivity index (χ0) is 4.24. The molecule has 0 aliphatic carbocycles. The molecular weight excluding hydrogens is 165 g/mol. The Bertz CT molecular complexity index is 27.2. The van der Waals surface area contributed by atoms with Crippen LogP contribution in [0.15, 0.2) is 0 Å². The van der Waals surface area contributed by atoms with Crippen molar-refractivity contribution in [3.05, 3.63) is 0 Å². The summed E-state index contributed by atoms with van der Waals surface area (Å²) in [6.45, 7) is 1.07. The van der Waals surface area contributed by atoms with Gasteiger partial charge in [-0.3, -0.25) is 0 Å². The van der Waals surface area contributed by atoms with Crippen LogP contribution in [0.2, 0.25) is 5.25 Å². The first-order valence-electron chi connectivity index (χ1n) is 2.43. The molecular formula is C4H12GeOSi. The van der Waals surface area contributed by atoms with E-state index < -0.39 is 0 Å². The van der Waals surface area contributed by atoms with Crippen LogP contribution in [0.5, 0.6) is 0 Å². The first-order valence-corrected chi connectivity index (χ1v) is 5.13. The van der Waals surface area contributed by atoms with Crippen molar-refractivity contribution >= 4 is 26.7 Å². The van der Waals surface area contributed by atoms with E-state index in [0.29, 0.717) is 0 Å². The molecule has 42 valence electrons. The van der Waals surface area contributed by atoms with Gasteiger partial charge in [0, 0.05) is 0 Å². The molecule has 1 nitrogen and oxygen atoms in total. The summed E-state index contributed by atoms with van der Waals surface area (Å²) in [6.07, 6.45) is 2.76. The van der Waals surface area contributed by atoms with Crippen LogP contribution >= 0.6 is 0 Å². The molecule has 0 aromatic heterocycles. The summed E-state index contributed by atoms with van der Waals surface area (Å²) in [4.78, 5) is 0. The van der Waals surface area contributed by atoms with E-state index in [9.17, 15) is 0 Å². The molecule has 1 aliphatic rings. The van der Waals surface area contributed by atoms with Crippen molar-refractivity contribution in [3.63, 3.8) is 0 Å². The average Bonchev–Trinajstić information content (AvgIpc) is 1.72. The maximum absolute atomic E-state index is 5.23. The van der Waals surface area contributed by atoms with Crippen LogP contribution in [-0.4, -0.2) is 33.3 Å². The molecule has 0 spiro atoms. The van der Waals surface area contributed by atoms with E-state index in [2.05, 4.69) is 0 Å². The molecule has 1 fully saturated rings. The second-order valence-electron chi connectivity index (χ2n) is 1.53. The summed E-state index contributed by atoms with van der Waals surface area (Å²) in [6, 6.07) is 0. The first-order chi connectivity index (χ1) is 3.00. The topological polar surface area (TPSA) is 9.23 Å². The van der Waals surface area contributed by atoms with Crippen molar-refractivity contribution in [3.8, 4) is 0 Å². The fourth-order valence-corrected chi connectivity index (χ4v) is 2.58. The summed E-state index contributed by atoms with van der Waals surface area (Å²) in [5.41, 5.74) is 0. The third-order valence-electron chi connectivity index (χ3n) is 0.952. The standard InChI is InChI=1S/C4H9GeO.H3Si/c1-2-4-6-5-3-1;/h5H,1-4H2;1H3. The molecule has 0 saturated carbocycles. The summed E-state index contributed by atoms with van der Waals surface area (Å²) in [5, 5.41) is 1.43. The minimum absolute atomic E-state index is 0. The van der Waals surface area contributed by atoms with E-state index in [-0.39, 0.29) is 26.7 Å². The monoisotopic (exact) mass is 178 g/mol. The normalized spacial score (nSPS) is 20.6. The predicted octanol–water partition coefficient (Wildman–Crippen LogP) is -0.617. The van der Waals surface area contributed by atoms with Gasteiger partial charge in [0.2, 0.25) is 0 Å². The van der Waals surface area contributed by atoms with Crippen LogP contribution in [0.3, 0.4) is 0 Å². The molecule has 3 heteroatoms. The van der Waals surface area contributed by atoms with Gasteiger partial charge in [-0.05, 0) is 11.0 Å². The fraction of sp³-hybridized carbons (Fsp3) is 1.00. The molecule has 1 saturated heterocycles. The Kier molecular flexibility index (Phi) is 5.37. The second-order valence-corrected chi connectivity index (χ2v) is 4.14. The molecule has 0 aromatic carbocycles. The number of hydrogen-bond donors (Lipinski definition) is 0. The van der Waals surface area contributed by atoms with Gasteiger partial charge in [0.25, 0.3) is 0 Å². The quantitative estimate of drug-likeness (QED) is 0.448. The molecule has 1 heterocycles. The predicted molar refractivity (Wildman–Crippen MR) is 37.1 cm³/mol. The van der Waals surface area contributed by atoms with Gasteiger partial charge in [-0.1, -0.05) is 0 Å². The van der Waals surface area contributed by atoms with Gasteiger partial charge in [-0.15, -0.1) is 0 Å². The molecule has 2 radical (unpaired) electrons. The fourth-order valence-electron chi connectivity index (χ4n) is 0.580. The van der Waals surface area contributed by atoms with Crippen molar-refractivity contribution in [2.24, 2.45) is 0 Å². The average molecular weight is 177 g/mol. The van der Waals surface area contributed by atoms with Crippen LogP contribution in [-0.2, 0) is 3.76 Å². The van der Waals surface area contributed by atoms with Crippen LogP contribution in [0.4, 0.5) is 0 Å². The van der Waals surface area contributed by atoms with Crippen molar-refractivity contribution < 1.29 is 3.76 Å². The molecule has 0 atom stereocenters. The Hall–Kier alpha value is 0.720. The van der Waals surface area contributed by atoms with Gasteiger partial charge >= 0.3 is 44.2 Å². The Morgan fingerprint density at radius 3 is 2.29 bits per heavy atom. The van der Waals surface area contributed by atoms with Crippen molar-refractivity contribution in [1.29, 1.82) is 0 Å². The third-order valence-corrected chi connectivity index (χ3v) is 3.29. The Morgan fingerprint density at radius 2 is 2.14 bits per heavy atom. The van der Waals surface area contributed by atoms with Gasteiger partial charge in [0.15, 0.2) is 0 Å². The number of hydrogen-bond acceptors (Lipinski definition) is 1. The SMILES string of the molecule is C1C[CH2][GeH][O]C1.[SiH3]. The Balaban J connectivity index is 0.000000360. The van der Waals surface area contributed by atoms with Crippen LogP contribution < -0.4 is 0 Å². The minimum atomic E-state index is -0.115. The van der Waals surface area contributed by atoms with E-state index in [1.165, 1.54) is 18.1 Å². The summed E-state index contributed by atoms with van der Waals surface area (Å²) in [7, 11) is 0. The maximum atomic E-state index is 5.23. The van der Waals surface area contributed by atoms with Crippen LogP contribution in [0.25, 0.3) is 0 Å². The van der Waals surface area contributed by atoms with Crippen molar-refractivity contribution in [2.45, 2.75) is 18.1 Å². The zero-order valence-corrected chi connectivity index (χ0v) is 9.24. The van der Waals surface area contributed by atoms with E-state index in [0.717, 1.165) is 6.61 Å². The first kappa shape index (κ1) is 7.72. The third kappa shape index (κ3) is 3.32. The number of rotatable bonds is 0. The van der Waals surface area contributed by atoms with Crippen molar-refractivity contribution in [2.75, 3.05) is 6.61 Å². The molecule has 0 amide bonds. The second kappa shape index (κ2) is 4.87. The molecule has 0 unspecified atom stereocenters. The Morgan fingerprint density at radius 1 is 1.29 bits per heavy atom. The molecule has 7 heavy (non-hydrogen) atoms. The van der Waals surface area contributed by atoms with E-state index in [1.54, 1.807) is 0 Å². The zero-order valence-electron chi connectivity index (χ0n) is 4.81. The van der Waals surface area contributed by atoms with E-state index >= 15 is 0 Å².